The number of anilines is 2. The molecule has 0 radical (unpaired) electrons. The lowest BCUT2D eigenvalue weighted by molar-refractivity contribution is -0.139. The summed E-state index contributed by atoms with van der Waals surface area (Å²) in [6, 6.07) is 30.2. The van der Waals surface area contributed by atoms with Gasteiger partial charge in [-0.25, -0.2) is 14.4 Å². The highest BCUT2D eigenvalue weighted by Gasteiger charge is 2.23. The average Bonchev–Trinajstić information content (AvgIpc) is 3.02. The second kappa shape index (κ2) is 15.4. The SMILES string of the molecule is Cc1ccccc1NC(=O)Nc1ccc(CCC(C)(C)Oc2ccc(C[C@H](NC(=O)OCc3ccccc3)C(=O)O)cc2)cc1. The van der Waals surface area contributed by atoms with Gasteiger partial charge in [0.2, 0.25) is 0 Å². The first-order valence-electron chi connectivity index (χ1n) is 14.8. The fourth-order valence-electron chi connectivity index (χ4n) is 4.60. The molecule has 45 heavy (non-hydrogen) atoms. The van der Waals surface area contributed by atoms with Crippen LogP contribution in [0, 0.1) is 6.92 Å². The molecule has 3 amide bonds. The first kappa shape index (κ1) is 32.6. The fraction of sp³-hybridized carbons (Fsp3) is 0.250. The number of carboxylic acid groups (broad SMARTS) is 1. The highest BCUT2D eigenvalue weighted by atomic mass is 16.5. The van der Waals surface area contributed by atoms with Crippen molar-refractivity contribution in [2.75, 3.05) is 10.6 Å². The van der Waals surface area contributed by atoms with E-state index in [0.717, 1.165) is 40.8 Å². The molecule has 0 saturated carbocycles. The average molecular weight is 610 g/mol. The molecular weight excluding hydrogens is 570 g/mol. The number of hydrogen-bond donors (Lipinski definition) is 4. The Morgan fingerprint density at radius 2 is 1.42 bits per heavy atom. The molecule has 0 saturated heterocycles. The number of benzene rings is 4. The van der Waals surface area contributed by atoms with Crippen molar-refractivity contribution < 1.29 is 29.0 Å². The molecule has 9 heteroatoms. The van der Waals surface area contributed by atoms with E-state index in [9.17, 15) is 19.5 Å². The zero-order valence-corrected chi connectivity index (χ0v) is 25.7. The fourth-order valence-corrected chi connectivity index (χ4v) is 4.60. The van der Waals surface area contributed by atoms with Gasteiger partial charge in [0, 0.05) is 17.8 Å². The molecule has 0 bridgehead atoms. The number of alkyl carbamates (subject to hydrolysis) is 1. The Hall–Kier alpha value is -5.31. The van der Waals surface area contributed by atoms with Gasteiger partial charge in [-0.05, 0) is 86.2 Å². The maximum Gasteiger partial charge on any atom is 0.408 e. The Morgan fingerprint density at radius 3 is 2.09 bits per heavy atom. The number of nitrogens with one attached hydrogen (secondary N) is 3. The van der Waals surface area contributed by atoms with E-state index in [1.165, 1.54) is 0 Å². The standard InChI is InChI=1S/C36H39N3O6/c1-25-9-7-8-12-31(25)38-34(42)37-29-17-13-26(14-18-29)21-22-36(2,3)45-30-19-15-27(16-20-30)23-32(33(40)41)39-35(43)44-24-28-10-5-4-6-11-28/h4-20,32H,21-24H2,1-3H3,(H,39,43)(H,40,41)(H2,37,38,42)/t32-/m0/s1. The van der Waals surface area contributed by atoms with Gasteiger partial charge in [-0.3, -0.25) is 0 Å². The number of carbonyl (C=O) groups excluding carboxylic acids is 2. The predicted molar refractivity (Wildman–Crippen MR) is 175 cm³/mol. The number of para-hydroxylation sites is 1. The minimum absolute atomic E-state index is 0.0526. The van der Waals surface area contributed by atoms with Gasteiger partial charge in [0.1, 0.15) is 24.0 Å². The van der Waals surface area contributed by atoms with Crippen LogP contribution in [0.5, 0.6) is 5.75 Å². The van der Waals surface area contributed by atoms with Gasteiger partial charge < -0.3 is 30.5 Å². The second-order valence-corrected chi connectivity index (χ2v) is 11.4. The molecule has 0 unspecified atom stereocenters. The zero-order chi connectivity index (χ0) is 32.2. The van der Waals surface area contributed by atoms with Crippen molar-refractivity contribution >= 4 is 29.5 Å². The van der Waals surface area contributed by atoms with E-state index in [1.807, 2.05) is 99.6 Å². The monoisotopic (exact) mass is 609 g/mol. The molecule has 4 aromatic rings. The van der Waals surface area contributed by atoms with Gasteiger partial charge >= 0.3 is 18.1 Å². The molecule has 4 rings (SSSR count). The van der Waals surface area contributed by atoms with E-state index in [2.05, 4.69) is 16.0 Å². The smallest absolute Gasteiger partial charge is 0.408 e. The molecule has 234 valence electrons. The summed E-state index contributed by atoms with van der Waals surface area (Å²) in [5.74, 6) is -0.493. The Morgan fingerprint density at radius 1 is 0.778 bits per heavy atom. The summed E-state index contributed by atoms with van der Waals surface area (Å²) >= 11 is 0. The third-order valence-corrected chi connectivity index (χ3v) is 7.18. The normalized spacial score (nSPS) is 11.6. The van der Waals surface area contributed by atoms with Crippen molar-refractivity contribution in [3.8, 4) is 5.75 Å². The van der Waals surface area contributed by atoms with Crippen LogP contribution in [0.3, 0.4) is 0 Å². The van der Waals surface area contributed by atoms with Gasteiger partial charge in [0.15, 0.2) is 0 Å². The molecular formula is C36H39N3O6. The van der Waals surface area contributed by atoms with Crippen LogP contribution in [-0.4, -0.2) is 34.8 Å². The van der Waals surface area contributed by atoms with Crippen LogP contribution in [0.25, 0.3) is 0 Å². The minimum atomic E-state index is -1.15. The number of aliphatic carboxylic acids is 1. The van der Waals surface area contributed by atoms with Crippen molar-refractivity contribution in [3.05, 3.63) is 125 Å². The predicted octanol–water partition coefficient (Wildman–Crippen LogP) is 7.35. The quantitative estimate of drug-likeness (QED) is 0.126. The van der Waals surface area contributed by atoms with E-state index in [-0.39, 0.29) is 19.1 Å². The topological polar surface area (TPSA) is 126 Å². The van der Waals surface area contributed by atoms with Crippen molar-refractivity contribution in [2.24, 2.45) is 0 Å². The third kappa shape index (κ3) is 10.7. The van der Waals surface area contributed by atoms with Crippen LogP contribution in [0.15, 0.2) is 103 Å². The summed E-state index contributed by atoms with van der Waals surface area (Å²) in [5.41, 5.74) is 4.63. The van der Waals surface area contributed by atoms with Crippen LogP contribution in [0.1, 0.15) is 42.5 Å². The molecule has 0 aliphatic carbocycles. The van der Waals surface area contributed by atoms with E-state index in [4.69, 9.17) is 9.47 Å². The molecule has 0 aromatic heterocycles. The van der Waals surface area contributed by atoms with E-state index in [0.29, 0.717) is 11.4 Å². The van der Waals surface area contributed by atoms with E-state index >= 15 is 0 Å². The van der Waals surface area contributed by atoms with Crippen molar-refractivity contribution in [1.82, 2.24) is 5.32 Å². The van der Waals surface area contributed by atoms with Crippen molar-refractivity contribution in [1.29, 1.82) is 0 Å². The van der Waals surface area contributed by atoms with Gasteiger partial charge in [0.25, 0.3) is 0 Å². The van der Waals surface area contributed by atoms with Gasteiger partial charge in [-0.1, -0.05) is 72.8 Å². The Kier molecular flexibility index (Phi) is 11.2. The first-order valence-corrected chi connectivity index (χ1v) is 14.8. The Labute approximate surface area is 263 Å². The molecule has 4 aromatic carbocycles. The summed E-state index contributed by atoms with van der Waals surface area (Å²) in [4.78, 5) is 36.4. The lowest BCUT2D eigenvalue weighted by Crippen LogP contribution is -2.42. The maximum absolute atomic E-state index is 12.4. The molecule has 0 aliphatic rings. The first-order chi connectivity index (χ1) is 21.6. The van der Waals surface area contributed by atoms with Crippen molar-refractivity contribution in [3.63, 3.8) is 0 Å². The number of carbonyl (C=O) groups is 3. The highest BCUT2D eigenvalue weighted by molar-refractivity contribution is 6.00. The molecule has 1 atom stereocenters. The molecule has 9 nitrogen and oxygen atoms in total. The third-order valence-electron chi connectivity index (χ3n) is 7.18. The number of carboxylic acids is 1. The van der Waals surface area contributed by atoms with Gasteiger partial charge in [-0.2, -0.15) is 0 Å². The number of amides is 3. The molecule has 0 fully saturated rings. The van der Waals surface area contributed by atoms with Crippen LogP contribution >= 0.6 is 0 Å². The zero-order valence-electron chi connectivity index (χ0n) is 25.7. The highest BCUT2D eigenvalue weighted by Crippen LogP contribution is 2.24. The molecule has 0 heterocycles. The number of aryl methyl sites for hydroxylation is 2. The maximum atomic E-state index is 12.4. The summed E-state index contributed by atoms with van der Waals surface area (Å²) in [7, 11) is 0. The number of rotatable bonds is 13. The van der Waals surface area contributed by atoms with Crippen LogP contribution in [-0.2, 0) is 29.0 Å². The summed E-state index contributed by atoms with van der Waals surface area (Å²) < 4.78 is 11.4. The summed E-state index contributed by atoms with van der Waals surface area (Å²) in [5, 5.41) is 17.8. The number of ether oxygens (including phenoxy) is 2. The van der Waals surface area contributed by atoms with Gasteiger partial charge in [-0.15, -0.1) is 0 Å². The minimum Gasteiger partial charge on any atom is -0.488 e. The van der Waals surface area contributed by atoms with Gasteiger partial charge in [0.05, 0.1) is 0 Å². The van der Waals surface area contributed by atoms with Crippen LogP contribution in [0.2, 0.25) is 0 Å². The summed E-state index contributed by atoms with van der Waals surface area (Å²) in [6.45, 7) is 6.02. The Balaban J connectivity index is 1.22. The lowest BCUT2D eigenvalue weighted by atomic mass is 9.98. The van der Waals surface area contributed by atoms with Crippen LogP contribution in [0.4, 0.5) is 21.0 Å². The number of urea groups is 1. The molecule has 4 N–H and O–H groups in total. The van der Waals surface area contributed by atoms with E-state index < -0.39 is 23.7 Å². The lowest BCUT2D eigenvalue weighted by Gasteiger charge is -2.27. The largest absolute Gasteiger partial charge is 0.488 e. The van der Waals surface area contributed by atoms with E-state index in [1.54, 1.807) is 24.3 Å². The van der Waals surface area contributed by atoms with Crippen LogP contribution < -0.4 is 20.7 Å². The second-order valence-electron chi connectivity index (χ2n) is 11.4. The number of hydrogen-bond acceptors (Lipinski definition) is 5. The molecule has 0 aliphatic heterocycles. The summed E-state index contributed by atoms with van der Waals surface area (Å²) in [6.07, 6.45) is 0.818. The molecule has 0 spiro atoms. The van der Waals surface area contributed by atoms with Crippen molar-refractivity contribution in [2.45, 2.75) is 58.3 Å². The Bertz CT molecular complexity index is 1570.